The van der Waals surface area contributed by atoms with Gasteiger partial charge in [0.15, 0.2) is 0 Å². The number of nitrogens with zero attached hydrogens (tertiary/aromatic N) is 3. The van der Waals surface area contributed by atoms with E-state index >= 15 is 0 Å². The molecule has 0 amide bonds. The molecule has 126 valence electrons. The number of imidazole rings is 1. The lowest BCUT2D eigenvalue weighted by Crippen LogP contribution is -2.06. The normalized spacial score (nSPS) is 11.9. The van der Waals surface area contributed by atoms with Gasteiger partial charge in [0.25, 0.3) is 0 Å². The summed E-state index contributed by atoms with van der Waals surface area (Å²) in [5, 5.41) is 10.4. The first-order valence-corrected chi connectivity index (χ1v) is 9.47. The SMILES string of the molecule is N#Cc1ccc(CSC(Cn2ccnc2)c2ccc(Cl)cc2Cl)cc1. The van der Waals surface area contributed by atoms with E-state index in [2.05, 4.69) is 11.1 Å². The van der Waals surface area contributed by atoms with Gasteiger partial charge in [0.2, 0.25) is 0 Å². The summed E-state index contributed by atoms with van der Waals surface area (Å²) in [7, 11) is 0. The molecular formula is C19H15Cl2N3S. The fraction of sp³-hybridized carbons (Fsp3) is 0.158. The number of nitriles is 1. The van der Waals surface area contributed by atoms with Gasteiger partial charge in [-0.25, -0.2) is 4.98 Å². The van der Waals surface area contributed by atoms with Crippen molar-refractivity contribution in [2.75, 3.05) is 0 Å². The molecule has 0 aliphatic carbocycles. The van der Waals surface area contributed by atoms with Gasteiger partial charge in [-0.3, -0.25) is 0 Å². The molecule has 0 N–H and O–H groups in total. The summed E-state index contributed by atoms with van der Waals surface area (Å²) in [6, 6.07) is 15.4. The Bertz CT molecular complexity index is 871. The molecule has 1 atom stereocenters. The highest BCUT2D eigenvalue weighted by atomic mass is 35.5. The van der Waals surface area contributed by atoms with Crippen LogP contribution in [0.25, 0.3) is 0 Å². The lowest BCUT2D eigenvalue weighted by molar-refractivity contribution is 0.683. The van der Waals surface area contributed by atoms with Crippen LogP contribution in [0.2, 0.25) is 10.0 Å². The van der Waals surface area contributed by atoms with E-state index < -0.39 is 0 Å². The zero-order valence-electron chi connectivity index (χ0n) is 13.3. The quantitative estimate of drug-likeness (QED) is 0.541. The second kappa shape index (κ2) is 8.44. The number of aromatic nitrogens is 2. The fourth-order valence-electron chi connectivity index (χ4n) is 2.46. The lowest BCUT2D eigenvalue weighted by atomic mass is 10.1. The van der Waals surface area contributed by atoms with Crippen molar-refractivity contribution < 1.29 is 0 Å². The van der Waals surface area contributed by atoms with Gasteiger partial charge in [0.1, 0.15) is 0 Å². The first-order chi connectivity index (χ1) is 12.2. The van der Waals surface area contributed by atoms with E-state index in [0.29, 0.717) is 15.6 Å². The van der Waals surface area contributed by atoms with Crippen LogP contribution in [-0.4, -0.2) is 9.55 Å². The Morgan fingerprint density at radius 2 is 1.96 bits per heavy atom. The summed E-state index contributed by atoms with van der Waals surface area (Å²) in [6.07, 6.45) is 5.52. The van der Waals surface area contributed by atoms with Crippen LogP contribution in [0.1, 0.15) is 21.9 Å². The van der Waals surface area contributed by atoms with Crippen LogP contribution in [0, 0.1) is 11.3 Å². The topological polar surface area (TPSA) is 41.6 Å². The van der Waals surface area contributed by atoms with Gasteiger partial charge in [-0.2, -0.15) is 5.26 Å². The minimum Gasteiger partial charge on any atom is -0.336 e. The van der Waals surface area contributed by atoms with E-state index in [1.54, 1.807) is 30.4 Å². The number of hydrogen-bond donors (Lipinski definition) is 0. The van der Waals surface area contributed by atoms with Crippen LogP contribution < -0.4 is 0 Å². The third-order valence-corrected chi connectivity index (χ3v) is 5.65. The summed E-state index contributed by atoms with van der Waals surface area (Å²) < 4.78 is 2.04. The monoisotopic (exact) mass is 387 g/mol. The molecule has 6 heteroatoms. The number of halogens is 2. The van der Waals surface area contributed by atoms with Gasteiger partial charge in [0.05, 0.1) is 18.0 Å². The van der Waals surface area contributed by atoms with Crippen molar-refractivity contribution in [3.63, 3.8) is 0 Å². The second-order valence-electron chi connectivity index (χ2n) is 5.53. The first kappa shape index (κ1) is 17.9. The van der Waals surface area contributed by atoms with E-state index in [-0.39, 0.29) is 5.25 Å². The lowest BCUT2D eigenvalue weighted by Gasteiger charge is -2.19. The van der Waals surface area contributed by atoms with E-state index in [4.69, 9.17) is 28.5 Å². The largest absolute Gasteiger partial charge is 0.336 e. The molecule has 25 heavy (non-hydrogen) atoms. The Kier molecular flexibility index (Phi) is 6.04. The third-order valence-electron chi connectivity index (χ3n) is 3.78. The van der Waals surface area contributed by atoms with Gasteiger partial charge >= 0.3 is 0 Å². The molecule has 0 radical (unpaired) electrons. The van der Waals surface area contributed by atoms with E-state index in [9.17, 15) is 0 Å². The maximum atomic E-state index is 8.90. The molecule has 0 saturated carbocycles. The van der Waals surface area contributed by atoms with Crippen molar-refractivity contribution >= 4 is 35.0 Å². The summed E-state index contributed by atoms with van der Waals surface area (Å²) in [5.41, 5.74) is 2.90. The minimum absolute atomic E-state index is 0.162. The van der Waals surface area contributed by atoms with Gasteiger partial charge < -0.3 is 4.57 Å². The number of hydrogen-bond acceptors (Lipinski definition) is 3. The Morgan fingerprint density at radius 3 is 2.60 bits per heavy atom. The highest BCUT2D eigenvalue weighted by molar-refractivity contribution is 7.98. The number of thioether (sulfide) groups is 1. The summed E-state index contributed by atoms with van der Waals surface area (Å²) >= 11 is 14.3. The highest BCUT2D eigenvalue weighted by Crippen LogP contribution is 2.38. The summed E-state index contributed by atoms with van der Waals surface area (Å²) in [4.78, 5) is 4.11. The molecule has 2 aromatic carbocycles. The zero-order chi connectivity index (χ0) is 17.6. The number of benzene rings is 2. The maximum absolute atomic E-state index is 8.90. The molecule has 1 aromatic heterocycles. The molecule has 1 unspecified atom stereocenters. The fourth-order valence-corrected chi connectivity index (χ4v) is 4.32. The highest BCUT2D eigenvalue weighted by Gasteiger charge is 2.17. The number of rotatable bonds is 6. The predicted molar refractivity (Wildman–Crippen MR) is 104 cm³/mol. The van der Waals surface area contributed by atoms with E-state index in [0.717, 1.165) is 17.9 Å². The van der Waals surface area contributed by atoms with Crippen molar-refractivity contribution in [1.29, 1.82) is 5.26 Å². The van der Waals surface area contributed by atoms with Crippen LogP contribution >= 0.6 is 35.0 Å². The molecule has 0 spiro atoms. The molecule has 3 nitrogen and oxygen atoms in total. The van der Waals surface area contributed by atoms with Gasteiger partial charge in [-0.15, -0.1) is 11.8 Å². The van der Waals surface area contributed by atoms with Crippen LogP contribution in [0.15, 0.2) is 61.2 Å². The van der Waals surface area contributed by atoms with Gasteiger partial charge in [0, 0.05) is 40.0 Å². The van der Waals surface area contributed by atoms with Crippen molar-refractivity contribution in [3.8, 4) is 6.07 Å². The Morgan fingerprint density at radius 1 is 1.16 bits per heavy atom. The third kappa shape index (κ3) is 4.79. The van der Waals surface area contributed by atoms with Crippen LogP contribution in [0.3, 0.4) is 0 Å². The molecule has 3 aromatic rings. The first-order valence-electron chi connectivity index (χ1n) is 7.67. The molecule has 0 aliphatic rings. The molecule has 0 fully saturated rings. The van der Waals surface area contributed by atoms with Crippen molar-refractivity contribution in [2.24, 2.45) is 0 Å². The molecule has 0 aliphatic heterocycles. The van der Waals surface area contributed by atoms with Gasteiger partial charge in [-0.05, 0) is 35.4 Å². The Labute approximate surface area is 161 Å². The molecule has 3 rings (SSSR count). The van der Waals surface area contributed by atoms with Crippen molar-refractivity contribution in [1.82, 2.24) is 9.55 Å². The molecular weight excluding hydrogens is 373 g/mol. The molecule has 1 heterocycles. The predicted octanol–water partition coefficient (Wildman–Crippen LogP) is 5.74. The van der Waals surface area contributed by atoms with Crippen LogP contribution in [0.5, 0.6) is 0 Å². The Balaban J connectivity index is 1.79. The average molecular weight is 388 g/mol. The Hall–Kier alpha value is -1.93. The zero-order valence-corrected chi connectivity index (χ0v) is 15.6. The van der Waals surface area contributed by atoms with Gasteiger partial charge in [-0.1, -0.05) is 41.4 Å². The maximum Gasteiger partial charge on any atom is 0.0991 e. The molecule has 0 saturated heterocycles. The summed E-state index contributed by atoms with van der Waals surface area (Å²) in [6.45, 7) is 0.766. The van der Waals surface area contributed by atoms with Crippen LogP contribution in [-0.2, 0) is 12.3 Å². The van der Waals surface area contributed by atoms with Crippen LogP contribution in [0.4, 0.5) is 0 Å². The standard InChI is InChI=1S/C19H15Cl2N3S/c20-16-5-6-17(18(21)9-16)19(11-24-8-7-23-13-24)25-12-15-3-1-14(10-22)2-4-15/h1-9,13,19H,11-12H2. The van der Waals surface area contributed by atoms with Crippen molar-refractivity contribution in [2.45, 2.75) is 17.5 Å². The molecule has 0 bridgehead atoms. The summed E-state index contributed by atoms with van der Waals surface area (Å²) in [5.74, 6) is 0.823. The van der Waals surface area contributed by atoms with Crippen molar-refractivity contribution in [3.05, 3.63) is 87.9 Å². The van der Waals surface area contributed by atoms with E-state index in [1.165, 1.54) is 5.56 Å². The smallest absolute Gasteiger partial charge is 0.0991 e. The second-order valence-corrected chi connectivity index (χ2v) is 7.57. The average Bonchev–Trinajstić information content (AvgIpc) is 3.12. The minimum atomic E-state index is 0.162. The van der Waals surface area contributed by atoms with E-state index in [1.807, 2.05) is 47.2 Å².